The fourth-order valence-electron chi connectivity index (χ4n) is 5.69. The highest BCUT2D eigenvalue weighted by Gasteiger charge is 2.66. The zero-order chi connectivity index (χ0) is 25.0. The van der Waals surface area contributed by atoms with Crippen molar-refractivity contribution in [2.45, 2.75) is 43.9 Å². The maximum absolute atomic E-state index is 13.7. The Balaban J connectivity index is 1.36. The summed E-state index contributed by atoms with van der Waals surface area (Å²) in [6.07, 6.45) is 2.06. The summed E-state index contributed by atoms with van der Waals surface area (Å²) in [5.41, 5.74) is 1.70. The highest BCUT2D eigenvalue weighted by Crippen LogP contribution is 2.54. The summed E-state index contributed by atoms with van der Waals surface area (Å²) < 4.78 is 21.3. The first-order valence-electron chi connectivity index (χ1n) is 11.8. The van der Waals surface area contributed by atoms with Gasteiger partial charge in [0.1, 0.15) is 11.4 Å². The second kappa shape index (κ2) is 8.34. The van der Waals surface area contributed by atoms with Gasteiger partial charge in [-0.05, 0) is 54.3 Å². The number of halogens is 1. The van der Waals surface area contributed by atoms with Crippen LogP contribution in [0.2, 0.25) is 0 Å². The van der Waals surface area contributed by atoms with Gasteiger partial charge in [0.25, 0.3) is 0 Å². The number of rotatable bonds is 5. The zero-order valence-electron chi connectivity index (χ0n) is 20.1. The van der Waals surface area contributed by atoms with E-state index in [1.165, 1.54) is 22.8 Å². The summed E-state index contributed by atoms with van der Waals surface area (Å²) in [7, 11) is 1.72. The Labute approximate surface area is 203 Å². The molecule has 1 N–H and O–H groups in total. The summed E-state index contributed by atoms with van der Waals surface area (Å²) in [4.78, 5) is 26.5. The van der Waals surface area contributed by atoms with Crippen molar-refractivity contribution in [3.8, 4) is 11.1 Å². The van der Waals surface area contributed by atoms with Crippen molar-refractivity contribution < 1.29 is 19.0 Å². The molecule has 1 saturated heterocycles. The van der Waals surface area contributed by atoms with Crippen molar-refractivity contribution in [1.82, 2.24) is 9.47 Å². The first-order chi connectivity index (χ1) is 16.6. The van der Waals surface area contributed by atoms with Crippen LogP contribution in [-0.2, 0) is 18.2 Å². The molecule has 1 aliphatic carbocycles. The van der Waals surface area contributed by atoms with Crippen molar-refractivity contribution in [2.24, 2.45) is 13.0 Å². The zero-order valence-corrected chi connectivity index (χ0v) is 20.1. The predicted octanol–water partition coefficient (Wildman–Crippen LogP) is 4.46. The van der Waals surface area contributed by atoms with Crippen LogP contribution in [0.15, 0.2) is 71.7 Å². The van der Waals surface area contributed by atoms with Gasteiger partial charge in [-0.3, -0.25) is 4.79 Å². The Morgan fingerprint density at radius 3 is 2.49 bits per heavy atom. The molecule has 1 aliphatic heterocycles. The number of carbonyl (C=O) groups is 1. The number of hydrogen-bond donors (Lipinski definition) is 1. The molecule has 0 radical (unpaired) electrons. The van der Waals surface area contributed by atoms with Crippen molar-refractivity contribution >= 4 is 6.09 Å². The molecular weight excluding hydrogens is 447 g/mol. The molecule has 1 amide bonds. The van der Waals surface area contributed by atoms with Gasteiger partial charge in [-0.1, -0.05) is 36.4 Å². The van der Waals surface area contributed by atoms with E-state index in [0.29, 0.717) is 19.4 Å². The maximum Gasteiger partial charge on any atom is 0.410 e. The first-order valence-corrected chi connectivity index (χ1v) is 11.8. The molecular formula is C28H29FN2O4. The molecule has 2 aromatic carbocycles. The van der Waals surface area contributed by atoms with Gasteiger partial charge in [-0.2, -0.15) is 0 Å². The summed E-state index contributed by atoms with van der Waals surface area (Å²) in [5, 5.41) is 11.0. The van der Waals surface area contributed by atoms with E-state index in [9.17, 15) is 19.1 Å². The van der Waals surface area contributed by atoms with Gasteiger partial charge in [-0.15, -0.1) is 0 Å². The lowest BCUT2D eigenvalue weighted by Gasteiger charge is -2.62. The highest BCUT2D eigenvalue weighted by atomic mass is 19.1. The molecule has 7 heteroatoms. The van der Waals surface area contributed by atoms with Crippen LogP contribution in [0, 0.1) is 11.7 Å². The van der Waals surface area contributed by atoms with E-state index in [0.717, 1.165) is 22.3 Å². The number of fused-ring (bicyclic) bond motifs is 1. The average Bonchev–Trinajstić information content (AvgIpc) is 2.80. The molecule has 1 aromatic heterocycles. The predicted molar refractivity (Wildman–Crippen MR) is 130 cm³/mol. The van der Waals surface area contributed by atoms with E-state index in [4.69, 9.17) is 4.74 Å². The number of benzene rings is 2. The van der Waals surface area contributed by atoms with E-state index in [-0.39, 0.29) is 23.3 Å². The highest BCUT2D eigenvalue weighted by molar-refractivity contribution is 5.71. The molecule has 6 nitrogen and oxygen atoms in total. The van der Waals surface area contributed by atoms with Crippen LogP contribution in [-0.4, -0.2) is 38.4 Å². The van der Waals surface area contributed by atoms with Crippen molar-refractivity contribution in [1.29, 1.82) is 0 Å². The monoisotopic (exact) mass is 476 g/mol. The summed E-state index contributed by atoms with van der Waals surface area (Å²) in [5.74, 6) is -0.622. The smallest absolute Gasteiger partial charge is 0.410 e. The lowest BCUT2D eigenvalue weighted by Crippen LogP contribution is -2.73. The third kappa shape index (κ3) is 4.14. The van der Waals surface area contributed by atoms with Crippen molar-refractivity contribution in [3.63, 3.8) is 0 Å². The minimum Gasteiger partial charge on any atom is -0.442 e. The van der Waals surface area contributed by atoms with Crippen LogP contribution < -0.4 is 5.56 Å². The minimum absolute atomic E-state index is 0.0667. The Hall–Kier alpha value is -3.45. The van der Waals surface area contributed by atoms with Gasteiger partial charge in [0.2, 0.25) is 5.56 Å². The fraction of sp³-hybridized carbons (Fsp3) is 0.357. The number of aromatic nitrogens is 1. The number of aliphatic hydroxyl groups is 1. The summed E-state index contributed by atoms with van der Waals surface area (Å²) in [6.45, 7) is 4.06. The van der Waals surface area contributed by atoms with Crippen LogP contribution in [0.25, 0.3) is 11.1 Å². The van der Waals surface area contributed by atoms with Crippen LogP contribution >= 0.6 is 0 Å². The molecule has 2 heterocycles. The molecule has 0 bridgehead atoms. The van der Waals surface area contributed by atoms with Gasteiger partial charge in [0.05, 0.1) is 11.6 Å². The molecule has 4 atom stereocenters. The number of carbonyl (C=O) groups excluding carboxylic acids is 1. The number of nitrogens with zero attached hydrogens (tertiary/aromatic N) is 2. The Kier molecular flexibility index (Phi) is 5.55. The number of pyridine rings is 1. The van der Waals surface area contributed by atoms with Gasteiger partial charge in [0, 0.05) is 44.6 Å². The van der Waals surface area contributed by atoms with Crippen LogP contribution in [0.4, 0.5) is 9.18 Å². The maximum atomic E-state index is 13.7. The minimum atomic E-state index is -0.973. The number of hydrogen-bond acceptors (Lipinski definition) is 4. The molecule has 2 fully saturated rings. The molecule has 182 valence electrons. The van der Waals surface area contributed by atoms with Gasteiger partial charge < -0.3 is 19.3 Å². The lowest BCUT2D eigenvalue weighted by atomic mass is 9.56. The van der Waals surface area contributed by atoms with Gasteiger partial charge in [0.15, 0.2) is 0 Å². The van der Waals surface area contributed by atoms with Crippen molar-refractivity contribution in [2.75, 3.05) is 6.54 Å². The largest absolute Gasteiger partial charge is 0.442 e. The number of amides is 1. The quantitative estimate of drug-likeness (QED) is 0.590. The van der Waals surface area contributed by atoms with E-state index >= 15 is 0 Å². The topological polar surface area (TPSA) is 71.8 Å². The van der Waals surface area contributed by atoms with E-state index in [2.05, 4.69) is 0 Å². The van der Waals surface area contributed by atoms with Gasteiger partial charge in [-0.25, -0.2) is 9.18 Å². The Bertz CT molecular complexity index is 1330. The molecule has 0 spiro atoms. The van der Waals surface area contributed by atoms with Crippen LogP contribution in [0.5, 0.6) is 0 Å². The van der Waals surface area contributed by atoms with E-state index in [1.807, 2.05) is 37.3 Å². The van der Waals surface area contributed by atoms with E-state index in [1.54, 1.807) is 37.2 Å². The second-order valence-electron chi connectivity index (χ2n) is 10.1. The van der Waals surface area contributed by atoms with Crippen LogP contribution in [0.3, 0.4) is 0 Å². The second-order valence-corrected chi connectivity index (χ2v) is 10.1. The Morgan fingerprint density at radius 1 is 1.11 bits per heavy atom. The number of aryl methyl sites for hydroxylation is 1. The Morgan fingerprint density at radius 2 is 1.83 bits per heavy atom. The average molecular weight is 477 g/mol. The first kappa shape index (κ1) is 23.3. The number of ether oxygens (including phenoxy) is 1. The van der Waals surface area contributed by atoms with Gasteiger partial charge >= 0.3 is 6.09 Å². The molecule has 5 rings (SSSR count). The lowest BCUT2D eigenvalue weighted by molar-refractivity contribution is -0.254. The SMILES string of the molecule is C[C@@H](c1ccc(-c2ccc(=O)n(C)c2)cc1)N1CC2C(C)(O)C[C@@]2(Cc2cccc(F)c2)OC1=O. The van der Waals surface area contributed by atoms with Crippen LogP contribution in [0.1, 0.15) is 37.4 Å². The third-order valence-electron chi connectivity index (χ3n) is 7.62. The third-order valence-corrected chi connectivity index (χ3v) is 7.62. The standard InChI is InChI=1S/C28H29FN2O4/c1-18(20-7-9-21(10-8-20)22-11-12-25(32)30(3)15-22)31-16-24-27(2,34)17-28(24,35-26(31)33)14-19-5-4-6-23(29)13-19/h4-13,15,18,24,34H,14,16-17H2,1-3H3/t18-,24?,27?,28+/m0/s1. The molecule has 35 heavy (non-hydrogen) atoms. The summed E-state index contributed by atoms with van der Waals surface area (Å²) in [6, 6.07) is 17.2. The molecule has 2 unspecified atom stereocenters. The van der Waals surface area contributed by atoms with Crippen molar-refractivity contribution in [3.05, 3.63) is 94.2 Å². The molecule has 2 aliphatic rings. The van der Waals surface area contributed by atoms with E-state index < -0.39 is 17.3 Å². The summed E-state index contributed by atoms with van der Waals surface area (Å²) >= 11 is 0. The normalized spacial score (nSPS) is 26.5. The molecule has 3 aromatic rings. The molecule has 1 saturated carbocycles. The fourth-order valence-corrected chi connectivity index (χ4v) is 5.69.